The zero-order chi connectivity index (χ0) is 14.4. The summed E-state index contributed by atoms with van der Waals surface area (Å²) in [5.41, 5.74) is 0.337. The molecule has 5 nitrogen and oxygen atoms in total. The first-order valence-electron chi connectivity index (χ1n) is 5.31. The maximum absolute atomic E-state index is 11.7. The number of rotatable bonds is 4. The monoisotopic (exact) mass is 300 g/mol. The number of nitrogens with zero attached hydrogens (tertiary/aromatic N) is 1. The molecule has 0 radical (unpaired) electrons. The minimum atomic E-state index is -1.52. The van der Waals surface area contributed by atoms with Crippen LogP contribution >= 0.6 is 23.2 Å². The highest BCUT2D eigenvalue weighted by Crippen LogP contribution is 2.25. The van der Waals surface area contributed by atoms with Crippen LogP contribution < -0.4 is 5.32 Å². The van der Waals surface area contributed by atoms with Crippen molar-refractivity contribution in [2.24, 2.45) is 5.92 Å². The second-order valence-corrected chi connectivity index (χ2v) is 4.25. The van der Waals surface area contributed by atoms with Gasteiger partial charge in [0.2, 0.25) is 5.92 Å². The lowest BCUT2D eigenvalue weighted by molar-refractivity contribution is -0.148. The number of halogens is 2. The van der Waals surface area contributed by atoms with Crippen molar-refractivity contribution in [3.8, 4) is 6.07 Å². The molecule has 1 amide bonds. The van der Waals surface area contributed by atoms with Gasteiger partial charge in [-0.25, -0.2) is 0 Å². The van der Waals surface area contributed by atoms with E-state index in [9.17, 15) is 9.59 Å². The van der Waals surface area contributed by atoms with Gasteiger partial charge < -0.3 is 10.1 Å². The number of benzene rings is 1. The first-order chi connectivity index (χ1) is 8.99. The topological polar surface area (TPSA) is 79.2 Å². The largest absolute Gasteiger partial charge is 0.465 e. The van der Waals surface area contributed by atoms with Crippen molar-refractivity contribution in [2.45, 2.75) is 6.92 Å². The number of esters is 1. The normalized spacial score (nSPS) is 11.3. The third-order valence-electron chi connectivity index (χ3n) is 2.10. The Labute approximate surface area is 120 Å². The number of anilines is 1. The van der Waals surface area contributed by atoms with Gasteiger partial charge in [0.25, 0.3) is 5.91 Å². The lowest BCUT2D eigenvalue weighted by atomic mass is 10.1. The fourth-order valence-corrected chi connectivity index (χ4v) is 1.53. The summed E-state index contributed by atoms with van der Waals surface area (Å²) >= 11 is 11.5. The van der Waals surface area contributed by atoms with Gasteiger partial charge in [-0.3, -0.25) is 9.59 Å². The van der Waals surface area contributed by atoms with Crippen molar-refractivity contribution in [1.82, 2.24) is 0 Å². The summed E-state index contributed by atoms with van der Waals surface area (Å²) in [5.74, 6) is -3.18. The van der Waals surface area contributed by atoms with E-state index < -0.39 is 17.8 Å². The number of ether oxygens (including phenoxy) is 1. The second-order valence-electron chi connectivity index (χ2n) is 3.43. The third-order valence-corrected chi connectivity index (χ3v) is 2.84. The van der Waals surface area contributed by atoms with Crippen LogP contribution in [-0.2, 0) is 14.3 Å². The summed E-state index contributed by atoms with van der Waals surface area (Å²) in [5, 5.41) is 11.8. The molecule has 1 rings (SSSR count). The van der Waals surface area contributed by atoms with Crippen molar-refractivity contribution < 1.29 is 14.3 Å². The molecule has 1 aromatic carbocycles. The van der Waals surface area contributed by atoms with Gasteiger partial charge in [0.05, 0.1) is 22.7 Å². The molecule has 0 heterocycles. The predicted octanol–water partition coefficient (Wildman–Crippen LogP) is 2.63. The number of hydrogen-bond donors (Lipinski definition) is 1. The summed E-state index contributed by atoms with van der Waals surface area (Å²) in [6, 6.07) is 6.00. The van der Waals surface area contributed by atoms with Crippen LogP contribution in [0.2, 0.25) is 10.0 Å². The number of carbonyl (C=O) groups excluding carboxylic acids is 2. The molecular formula is C12H10Cl2N2O3. The Morgan fingerprint density at radius 2 is 2.11 bits per heavy atom. The Balaban J connectivity index is 2.80. The molecule has 19 heavy (non-hydrogen) atoms. The highest BCUT2D eigenvalue weighted by atomic mass is 35.5. The number of hydrogen-bond acceptors (Lipinski definition) is 4. The van der Waals surface area contributed by atoms with Gasteiger partial charge in [0, 0.05) is 5.69 Å². The lowest BCUT2D eigenvalue weighted by Crippen LogP contribution is -2.30. The van der Waals surface area contributed by atoms with Crippen molar-refractivity contribution >= 4 is 40.8 Å². The Bertz CT molecular complexity index is 540. The van der Waals surface area contributed by atoms with Crippen molar-refractivity contribution in [1.29, 1.82) is 5.26 Å². The molecule has 0 bridgehead atoms. The average Bonchev–Trinajstić information content (AvgIpc) is 2.35. The standard InChI is InChI=1S/C12H10Cl2N2O3/c1-2-19-12(18)8(6-15)11(17)16-7-3-4-9(13)10(14)5-7/h3-5,8H,2H2,1H3,(H,16,17). The van der Waals surface area contributed by atoms with Gasteiger partial charge in [0.15, 0.2) is 0 Å². The van der Waals surface area contributed by atoms with Crippen LogP contribution in [-0.4, -0.2) is 18.5 Å². The van der Waals surface area contributed by atoms with Gasteiger partial charge in [-0.1, -0.05) is 23.2 Å². The van der Waals surface area contributed by atoms with Crippen LogP contribution in [0.5, 0.6) is 0 Å². The van der Waals surface area contributed by atoms with E-state index in [0.29, 0.717) is 10.7 Å². The molecule has 1 aromatic rings. The minimum Gasteiger partial charge on any atom is -0.465 e. The highest BCUT2D eigenvalue weighted by molar-refractivity contribution is 6.42. The molecule has 0 aliphatic heterocycles. The summed E-state index contributed by atoms with van der Waals surface area (Å²) in [6.07, 6.45) is 0. The van der Waals surface area contributed by atoms with Gasteiger partial charge in [-0.2, -0.15) is 5.26 Å². The Morgan fingerprint density at radius 1 is 1.42 bits per heavy atom. The number of nitrogens with one attached hydrogen (secondary N) is 1. The highest BCUT2D eigenvalue weighted by Gasteiger charge is 2.27. The maximum Gasteiger partial charge on any atom is 0.333 e. The van der Waals surface area contributed by atoms with Gasteiger partial charge >= 0.3 is 5.97 Å². The Morgan fingerprint density at radius 3 is 2.63 bits per heavy atom. The van der Waals surface area contributed by atoms with Crippen LogP contribution in [0.25, 0.3) is 0 Å². The quantitative estimate of drug-likeness (QED) is 0.685. The van der Waals surface area contributed by atoms with E-state index in [1.165, 1.54) is 18.2 Å². The van der Waals surface area contributed by atoms with E-state index in [1.54, 1.807) is 13.0 Å². The van der Waals surface area contributed by atoms with Crippen LogP contribution in [0.3, 0.4) is 0 Å². The smallest absolute Gasteiger partial charge is 0.333 e. The molecule has 0 fully saturated rings. The third kappa shape index (κ3) is 4.12. The van der Waals surface area contributed by atoms with E-state index in [-0.39, 0.29) is 11.6 Å². The maximum atomic E-state index is 11.7. The SMILES string of the molecule is CCOC(=O)C(C#N)C(=O)Nc1ccc(Cl)c(Cl)c1. The summed E-state index contributed by atoms with van der Waals surface area (Å²) in [4.78, 5) is 23.1. The molecule has 0 saturated carbocycles. The fraction of sp³-hybridized carbons (Fsp3) is 0.250. The zero-order valence-electron chi connectivity index (χ0n) is 9.94. The van der Waals surface area contributed by atoms with Gasteiger partial charge in [-0.05, 0) is 25.1 Å². The molecule has 7 heteroatoms. The number of amides is 1. The molecular weight excluding hydrogens is 291 g/mol. The summed E-state index contributed by atoms with van der Waals surface area (Å²) in [7, 11) is 0. The number of nitriles is 1. The van der Waals surface area contributed by atoms with E-state index in [4.69, 9.17) is 28.5 Å². The van der Waals surface area contributed by atoms with Crippen LogP contribution in [0.4, 0.5) is 5.69 Å². The molecule has 0 aliphatic rings. The Kier molecular flexibility index (Phi) is 5.61. The fourth-order valence-electron chi connectivity index (χ4n) is 1.23. The first kappa shape index (κ1) is 15.3. The van der Waals surface area contributed by atoms with E-state index in [0.717, 1.165) is 0 Å². The van der Waals surface area contributed by atoms with E-state index >= 15 is 0 Å². The van der Waals surface area contributed by atoms with Crippen molar-refractivity contribution in [3.05, 3.63) is 28.2 Å². The van der Waals surface area contributed by atoms with Crippen molar-refractivity contribution in [3.63, 3.8) is 0 Å². The number of carbonyl (C=O) groups is 2. The van der Waals surface area contributed by atoms with Crippen LogP contribution in [0, 0.1) is 17.2 Å². The summed E-state index contributed by atoms with van der Waals surface area (Å²) in [6.45, 7) is 1.68. The predicted molar refractivity (Wildman–Crippen MR) is 70.8 cm³/mol. The molecule has 0 spiro atoms. The molecule has 1 unspecified atom stereocenters. The molecule has 0 aromatic heterocycles. The van der Waals surface area contributed by atoms with E-state index in [1.807, 2.05) is 0 Å². The van der Waals surface area contributed by atoms with Crippen LogP contribution in [0.1, 0.15) is 6.92 Å². The molecule has 100 valence electrons. The molecule has 0 aliphatic carbocycles. The van der Waals surface area contributed by atoms with E-state index in [2.05, 4.69) is 10.1 Å². The summed E-state index contributed by atoms with van der Waals surface area (Å²) < 4.78 is 4.63. The van der Waals surface area contributed by atoms with Crippen LogP contribution in [0.15, 0.2) is 18.2 Å². The second kappa shape index (κ2) is 6.98. The molecule has 1 atom stereocenters. The van der Waals surface area contributed by atoms with Gasteiger partial charge in [0.1, 0.15) is 0 Å². The first-order valence-corrected chi connectivity index (χ1v) is 6.07. The lowest BCUT2D eigenvalue weighted by Gasteiger charge is -2.10. The zero-order valence-corrected chi connectivity index (χ0v) is 11.5. The minimum absolute atomic E-state index is 0.0943. The average molecular weight is 301 g/mol. The van der Waals surface area contributed by atoms with Gasteiger partial charge in [-0.15, -0.1) is 0 Å². The molecule has 1 N–H and O–H groups in total. The Hall–Kier alpha value is -1.77. The molecule has 0 saturated heterocycles. The van der Waals surface area contributed by atoms with Crippen molar-refractivity contribution in [2.75, 3.05) is 11.9 Å².